The Morgan fingerprint density at radius 3 is 2.68 bits per heavy atom. The number of fused-ring (bicyclic) bond motifs is 2. The number of nitrogens with zero attached hydrogens (tertiary/aromatic N) is 4. The van der Waals surface area contributed by atoms with Crippen LogP contribution in [0.15, 0.2) is 48.5 Å². The molecule has 0 N–H and O–H groups in total. The van der Waals surface area contributed by atoms with Crippen LogP contribution in [0.25, 0.3) is 16.9 Å². The van der Waals surface area contributed by atoms with Gasteiger partial charge in [-0.05, 0) is 56.0 Å². The van der Waals surface area contributed by atoms with Crippen molar-refractivity contribution in [2.45, 2.75) is 33.1 Å². The van der Waals surface area contributed by atoms with Gasteiger partial charge in [-0.1, -0.05) is 18.2 Å². The molecule has 0 atom stereocenters. The van der Waals surface area contributed by atoms with Crippen molar-refractivity contribution in [2.24, 2.45) is 0 Å². The van der Waals surface area contributed by atoms with Gasteiger partial charge in [0, 0.05) is 47.7 Å². The van der Waals surface area contributed by atoms with Crippen molar-refractivity contribution in [2.75, 3.05) is 25.7 Å². The summed E-state index contributed by atoms with van der Waals surface area (Å²) in [5.41, 5.74) is 7.68. The molecule has 1 amide bonds. The zero-order chi connectivity index (χ0) is 23.8. The molecule has 0 radical (unpaired) electrons. The fraction of sp³-hybridized carbons (Fsp3) is 0.296. The first kappa shape index (κ1) is 21.9. The third-order valence-corrected chi connectivity index (χ3v) is 6.63. The Labute approximate surface area is 198 Å². The number of amides is 1. The van der Waals surface area contributed by atoms with E-state index in [0.29, 0.717) is 18.6 Å². The molecule has 2 aromatic heterocycles. The van der Waals surface area contributed by atoms with Crippen molar-refractivity contribution in [3.8, 4) is 22.8 Å². The second kappa shape index (κ2) is 8.82. The number of carbonyl (C=O) groups excluding carboxylic acids is 1. The molecule has 174 valence electrons. The summed E-state index contributed by atoms with van der Waals surface area (Å²) in [7, 11) is 3.26. The summed E-state index contributed by atoms with van der Waals surface area (Å²) in [6.45, 7) is 4.78. The number of aromatic nitrogens is 3. The number of benzene rings is 2. The Morgan fingerprint density at radius 1 is 1.06 bits per heavy atom. The molecule has 7 nitrogen and oxygen atoms in total. The fourth-order valence-corrected chi connectivity index (χ4v) is 4.79. The number of hydrogen-bond donors (Lipinski definition) is 0. The first-order valence-electron chi connectivity index (χ1n) is 11.5. The molecule has 7 heteroatoms. The van der Waals surface area contributed by atoms with E-state index in [4.69, 9.17) is 19.6 Å². The Bertz CT molecular complexity index is 1390. The summed E-state index contributed by atoms with van der Waals surface area (Å²) in [5, 5.41) is 4.82. The van der Waals surface area contributed by atoms with Crippen molar-refractivity contribution in [3.05, 3.63) is 71.0 Å². The van der Waals surface area contributed by atoms with E-state index in [1.807, 2.05) is 65.7 Å². The van der Waals surface area contributed by atoms with Gasteiger partial charge in [-0.25, -0.2) is 9.50 Å². The summed E-state index contributed by atoms with van der Waals surface area (Å²) in [5.74, 6) is 1.56. The van der Waals surface area contributed by atoms with E-state index in [1.165, 1.54) is 5.56 Å². The Hall–Kier alpha value is -3.87. The Balaban J connectivity index is 1.42. The maximum Gasteiger partial charge on any atom is 0.227 e. The molecule has 1 aliphatic rings. The van der Waals surface area contributed by atoms with Crippen LogP contribution < -0.4 is 14.4 Å². The highest BCUT2D eigenvalue weighted by molar-refractivity contribution is 5.95. The monoisotopic (exact) mass is 456 g/mol. The molecule has 0 saturated carbocycles. The first-order chi connectivity index (χ1) is 16.5. The SMILES string of the molecule is COc1ccc(-c2cc3nc(C)c(CCC(=O)N4CCc5ccccc54)c(C)n3n2)c(OC)c1. The van der Waals surface area contributed by atoms with Gasteiger partial charge in [0.05, 0.1) is 19.9 Å². The lowest BCUT2D eigenvalue weighted by Crippen LogP contribution is -2.29. The van der Waals surface area contributed by atoms with E-state index in [2.05, 4.69) is 6.07 Å². The normalized spacial score (nSPS) is 12.8. The summed E-state index contributed by atoms with van der Waals surface area (Å²) < 4.78 is 12.7. The van der Waals surface area contributed by atoms with Crippen LogP contribution in [0.4, 0.5) is 5.69 Å². The Morgan fingerprint density at radius 2 is 1.88 bits per heavy atom. The number of carbonyl (C=O) groups is 1. The average Bonchev–Trinajstić information content (AvgIpc) is 3.48. The average molecular weight is 457 g/mol. The van der Waals surface area contributed by atoms with Crippen molar-refractivity contribution in [3.63, 3.8) is 0 Å². The van der Waals surface area contributed by atoms with Crippen LogP contribution in [0.3, 0.4) is 0 Å². The van der Waals surface area contributed by atoms with E-state index in [0.717, 1.165) is 58.3 Å². The predicted octanol–water partition coefficient (Wildman–Crippen LogP) is 4.55. The van der Waals surface area contributed by atoms with Crippen LogP contribution in [0.2, 0.25) is 0 Å². The van der Waals surface area contributed by atoms with Crippen molar-refractivity contribution < 1.29 is 14.3 Å². The van der Waals surface area contributed by atoms with E-state index < -0.39 is 0 Å². The third kappa shape index (κ3) is 3.77. The summed E-state index contributed by atoms with van der Waals surface area (Å²) >= 11 is 0. The standard InChI is InChI=1S/C27H28N4O3/c1-17-21(11-12-27(32)30-14-13-19-7-5-6-8-24(19)30)18(2)31-26(28-17)16-23(29-31)22-10-9-20(33-3)15-25(22)34-4/h5-10,15-16H,11-14H2,1-4H3. The fourth-order valence-electron chi connectivity index (χ4n) is 4.79. The van der Waals surface area contributed by atoms with Crippen LogP contribution in [-0.2, 0) is 17.6 Å². The zero-order valence-corrected chi connectivity index (χ0v) is 20.0. The highest BCUT2D eigenvalue weighted by Gasteiger charge is 2.24. The maximum atomic E-state index is 13.0. The number of hydrogen-bond acceptors (Lipinski definition) is 5. The molecule has 0 spiro atoms. The number of aryl methyl sites for hydroxylation is 2. The van der Waals surface area contributed by atoms with Gasteiger partial charge in [0.1, 0.15) is 11.5 Å². The van der Waals surface area contributed by atoms with Crippen molar-refractivity contribution in [1.29, 1.82) is 0 Å². The summed E-state index contributed by atoms with van der Waals surface area (Å²) in [6, 6.07) is 15.8. The Kier molecular flexibility index (Phi) is 5.69. The number of rotatable bonds is 6. The largest absolute Gasteiger partial charge is 0.497 e. The second-order valence-electron chi connectivity index (χ2n) is 8.55. The van der Waals surface area contributed by atoms with Gasteiger partial charge < -0.3 is 14.4 Å². The van der Waals surface area contributed by atoms with E-state index in [-0.39, 0.29) is 5.91 Å². The molecular formula is C27H28N4O3. The molecule has 34 heavy (non-hydrogen) atoms. The molecule has 0 aliphatic carbocycles. The second-order valence-corrected chi connectivity index (χ2v) is 8.55. The van der Waals surface area contributed by atoms with Crippen LogP contribution >= 0.6 is 0 Å². The van der Waals surface area contributed by atoms with Gasteiger partial charge in [0.2, 0.25) is 5.91 Å². The van der Waals surface area contributed by atoms with E-state index in [1.54, 1.807) is 14.2 Å². The third-order valence-electron chi connectivity index (χ3n) is 6.63. The molecule has 4 aromatic rings. The number of ether oxygens (including phenoxy) is 2. The van der Waals surface area contributed by atoms with Gasteiger partial charge in [0.15, 0.2) is 5.65 Å². The number of para-hydroxylation sites is 1. The van der Waals surface area contributed by atoms with Gasteiger partial charge in [-0.2, -0.15) is 5.10 Å². The van der Waals surface area contributed by atoms with Gasteiger partial charge in [-0.3, -0.25) is 4.79 Å². The van der Waals surface area contributed by atoms with Crippen LogP contribution in [0.5, 0.6) is 11.5 Å². The minimum atomic E-state index is 0.146. The molecule has 2 aromatic carbocycles. The predicted molar refractivity (Wildman–Crippen MR) is 132 cm³/mol. The number of anilines is 1. The van der Waals surface area contributed by atoms with Crippen molar-refractivity contribution >= 4 is 17.2 Å². The molecule has 0 unspecified atom stereocenters. The van der Waals surface area contributed by atoms with Gasteiger partial charge in [-0.15, -0.1) is 0 Å². The van der Waals surface area contributed by atoms with Gasteiger partial charge >= 0.3 is 0 Å². The molecule has 0 saturated heterocycles. The maximum absolute atomic E-state index is 13.0. The first-order valence-corrected chi connectivity index (χ1v) is 11.5. The van der Waals surface area contributed by atoms with Gasteiger partial charge in [0.25, 0.3) is 0 Å². The summed E-state index contributed by atoms with van der Waals surface area (Å²) in [6.07, 6.45) is 1.97. The lowest BCUT2D eigenvalue weighted by Gasteiger charge is -2.18. The molecule has 1 aliphatic heterocycles. The highest BCUT2D eigenvalue weighted by atomic mass is 16.5. The van der Waals surface area contributed by atoms with E-state index in [9.17, 15) is 4.79 Å². The highest BCUT2D eigenvalue weighted by Crippen LogP contribution is 2.33. The molecule has 3 heterocycles. The quantitative estimate of drug-likeness (QED) is 0.426. The number of methoxy groups -OCH3 is 2. The minimum Gasteiger partial charge on any atom is -0.497 e. The lowest BCUT2D eigenvalue weighted by molar-refractivity contribution is -0.118. The van der Waals surface area contributed by atoms with Crippen molar-refractivity contribution in [1.82, 2.24) is 14.6 Å². The van der Waals surface area contributed by atoms with E-state index >= 15 is 0 Å². The molecule has 0 bridgehead atoms. The topological polar surface area (TPSA) is 69.0 Å². The molecule has 5 rings (SSSR count). The van der Waals surface area contributed by atoms with Crippen LogP contribution in [0.1, 0.15) is 28.9 Å². The van der Waals surface area contributed by atoms with Crippen LogP contribution in [0, 0.1) is 13.8 Å². The molecule has 0 fully saturated rings. The zero-order valence-electron chi connectivity index (χ0n) is 20.0. The molecular weight excluding hydrogens is 428 g/mol. The minimum absolute atomic E-state index is 0.146. The smallest absolute Gasteiger partial charge is 0.227 e. The summed E-state index contributed by atoms with van der Waals surface area (Å²) in [4.78, 5) is 19.7. The van der Waals surface area contributed by atoms with Crippen LogP contribution in [-0.4, -0.2) is 41.3 Å². The lowest BCUT2D eigenvalue weighted by atomic mass is 10.1.